The predicted molar refractivity (Wildman–Crippen MR) is 120 cm³/mol. The molecule has 0 bridgehead atoms. The number of hydrogen-bond donors (Lipinski definition) is 1. The largest absolute Gasteiger partial charge is 0.497 e. The van der Waals surface area contributed by atoms with Gasteiger partial charge in [0, 0.05) is 42.7 Å². The van der Waals surface area contributed by atoms with Crippen molar-refractivity contribution in [1.82, 2.24) is 9.80 Å². The lowest BCUT2D eigenvalue weighted by atomic mass is 10.0. The Labute approximate surface area is 181 Å². The maximum absolute atomic E-state index is 13.2. The van der Waals surface area contributed by atoms with Gasteiger partial charge in [-0.05, 0) is 44.0 Å². The average Bonchev–Trinajstić information content (AvgIpc) is 3.16. The molecule has 30 heavy (non-hydrogen) atoms. The van der Waals surface area contributed by atoms with Gasteiger partial charge < -0.3 is 19.9 Å². The summed E-state index contributed by atoms with van der Waals surface area (Å²) in [7, 11) is 1.61. The van der Waals surface area contributed by atoms with Gasteiger partial charge >= 0.3 is 6.03 Å². The first kappa shape index (κ1) is 20.6. The van der Waals surface area contributed by atoms with Crippen LogP contribution < -0.4 is 10.1 Å². The van der Waals surface area contributed by atoms with Gasteiger partial charge in [-0.3, -0.25) is 4.79 Å². The van der Waals surface area contributed by atoms with Crippen molar-refractivity contribution < 1.29 is 14.3 Å². The van der Waals surface area contributed by atoms with Gasteiger partial charge in [0.05, 0.1) is 12.0 Å². The van der Waals surface area contributed by atoms with Crippen molar-refractivity contribution in [3.8, 4) is 5.75 Å². The van der Waals surface area contributed by atoms with E-state index < -0.39 is 0 Å². The molecule has 2 aliphatic heterocycles. The van der Waals surface area contributed by atoms with Crippen LogP contribution in [0.4, 0.5) is 10.5 Å². The molecule has 0 atom stereocenters. The van der Waals surface area contributed by atoms with Crippen molar-refractivity contribution in [2.24, 2.45) is 0 Å². The lowest BCUT2D eigenvalue weighted by molar-refractivity contribution is 0.0585. The van der Waals surface area contributed by atoms with Crippen LogP contribution in [0.1, 0.15) is 28.8 Å². The molecule has 1 N–H and O–H groups in total. The number of benzene rings is 2. The van der Waals surface area contributed by atoms with E-state index in [9.17, 15) is 9.59 Å². The summed E-state index contributed by atoms with van der Waals surface area (Å²) in [5.41, 5.74) is 2.55. The third kappa shape index (κ3) is 4.12. The Bertz CT molecular complexity index is 941. The van der Waals surface area contributed by atoms with Crippen molar-refractivity contribution in [2.75, 3.05) is 37.8 Å². The highest BCUT2D eigenvalue weighted by molar-refractivity contribution is 8.00. The van der Waals surface area contributed by atoms with Gasteiger partial charge in [-0.1, -0.05) is 23.8 Å². The molecule has 3 amide bonds. The fourth-order valence-corrected chi connectivity index (χ4v) is 5.66. The summed E-state index contributed by atoms with van der Waals surface area (Å²) < 4.78 is 5.22. The average molecular weight is 426 g/mol. The number of urea groups is 1. The van der Waals surface area contributed by atoms with E-state index in [0.29, 0.717) is 24.5 Å². The number of thioether (sulfide) groups is 1. The van der Waals surface area contributed by atoms with E-state index in [1.165, 1.54) is 0 Å². The van der Waals surface area contributed by atoms with Gasteiger partial charge in [0.15, 0.2) is 0 Å². The number of likely N-dealkylation sites (tertiary alicyclic amines) is 1. The molecule has 6 nitrogen and oxygen atoms in total. The van der Waals surface area contributed by atoms with E-state index in [2.05, 4.69) is 5.32 Å². The molecule has 2 fully saturated rings. The molecule has 1 spiro atoms. The van der Waals surface area contributed by atoms with Gasteiger partial charge in [-0.15, -0.1) is 11.8 Å². The number of anilines is 1. The number of amides is 3. The number of nitrogens with one attached hydrogen (secondary N) is 1. The normalized spacial score (nSPS) is 17.8. The van der Waals surface area contributed by atoms with Gasteiger partial charge in [0.1, 0.15) is 5.75 Å². The number of methoxy groups -OCH3 is 1. The van der Waals surface area contributed by atoms with E-state index in [-0.39, 0.29) is 16.8 Å². The number of carbonyl (C=O) groups is 2. The van der Waals surface area contributed by atoms with Crippen molar-refractivity contribution in [3.05, 3.63) is 59.7 Å². The van der Waals surface area contributed by atoms with Crippen molar-refractivity contribution >= 4 is 29.4 Å². The Morgan fingerprint density at radius 3 is 2.57 bits per heavy atom. The third-order valence-corrected chi connectivity index (χ3v) is 7.39. The molecule has 2 saturated heterocycles. The summed E-state index contributed by atoms with van der Waals surface area (Å²) in [6, 6.07) is 15.0. The highest BCUT2D eigenvalue weighted by atomic mass is 32.2. The molecule has 158 valence electrons. The predicted octanol–water partition coefficient (Wildman–Crippen LogP) is 4.22. The molecule has 4 rings (SSSR count). The standard InChI is InChI=1S/C23H27N3O3S/c1-17-5-3-6-18(15-17)21(27)26-13-14-30-23(26)9-11-25(12-10-23)22(28)24-19-7-4-8-20(16-19)29-2/h3-8,15-16H,9-14H2,1-2H3,(H,24,28). The number of ether oxygens (including phenoxy) is 1. The minimum absolute atomic E-state index is 0.0954. The topological polar surface area (TPSA) is 61.9 Å². The SMILES string of the molecule is COc1cccc(NC(=O)N2CCC3(CC2)SCCN3C(=O)c2cccc(C)c2)c1. The second kappa shape index (κ2) is 8.60. The molecule has 2 aromatic rings. The smallest absolute Gasteiger partial charge is 0.321 e. The Morgan fingerprint density at radius 2 is 1.83 bits per heavy atom. The Morgan fingerprint density at radius 1 is 1.07 bits per heavy atom. The number of hydrogen-bond acceptors (Lipinski definition) is 4. The van der Waals surface area contributed by atoms with Crippen LogP contribution >= 0.6 is 11.8 Å². The number of nitrogens with zero attached hydrogens (tertiary/aromatic N) is 2. The second-order valence-electron chi connectivity index (χ2n) is 7.77. The summed E-state index contributed by atoms with van der Waals surface area (Å²) >= 11 is 1.85. The lowest BCUT2D eigenvalue weighted by Crippen LogP contribution is -2.54. The van der Waals surface area contributed by atoms with Crippen LogP contribution in [0.25, 0.3) is 0 Å². The van der Waals surface area contributed by atoms with Crippen LogP contribution in [0.3, 0.4) is 0 Å². The molecule has 0 unspecified atom stereocenters. The summed E-state index contributed by atoms with van der Waals surface area (Å²) in [6.45, 7) is 4.01. The highest BCUT2D eigenvalue weighted by Crippen LogP contribution is 2.44. The van der Waals surface area contributed by atoms with Crippen LogP contribution in [0.15, 0.2) is 48.5 Å². The number of aryl methyl sites for hydroxylation is 1. The molecule has 2 aliphatic rings. The summed E-state index contributed by atoms with van der Waals surface area (Å²) in [4.78, 5) is 29.6. The van der Waals surface area contributed by atoms with Gasteiger partial charge in [-0.25, -0.2) is 4.79 Å². The van der Waals surface area contributed by atoms with E-state index in [4.69, 9.17) is 4.74 Å². The van der Waals surface area contributed by atoms with Gasteiger partial charge in [-0.2, -0.15) is 0 Å². The quantitative estimate of drug-likeness (QED) is 0.800. The molecule has 2 aromatic carbocycles. The first-order valence-electron chi connectivity index (χ1n) is 10.2. The monoisotopic (exact) mass is 425 g/mol. The van der Waals surface area contributed by atoms with Crippen LogP contribution in [0, 0.1) is 6.92 Å². The first-order valence-corrected chi connectivity index (χ1v) is 11.2. The fraction of sp³-hybridized carbons (Fsp3) is 0.391. The first-order chi connectivity index (χ1) is 14.5. The van der Waals surface area contributed by atoms with Crippen molar-refractivity contribution in [3.63, 3.8) is 0 Å². The zero-order chi connectivity index (χ0) is 21.1. The molecule has 0 radical (unpaired) electrons. The summed E-state index contributed by atoms with van der Waals surface area (Å²) in [6.07, 6.45) is 1.56. The summed E-state index contributed by atoms with van der Waals surface area (Å²) in [5, 5.41) is 2.95. The number of rotatable bonds is 3. The zero-order valence-corrected chi connectivity index (χ0v) is 18.2. The molecular weight excluding hydrogens is 398 g/mol. The number of piperidine rings is 1. The van der Waals surface area contributed by atoms with Crippen molar-refractivity contribution in [2.45, 2.75) is 24.6 Å². The minimum atomic E-state index is -0.215. The maximum Gasteiger partial charge on any atom is 0.321 e. The molecule has 0 saturated carbocycles. The summed E-state index contributed by atoms with van der Waals surface area (Å²) in [5.74, 6) is 1.74. The molecule has 7 heteroatoms. The minimum Gasteiger partial charge on any atom is -0.497 e. The highest BCUT2D eigenvalue weighted by Gasteiger charge is 2.47. The van der Waals surface area contributed by atoms with Gasteiger partial charge in [0.2, 0.25) is 0 Å². The van der Waals surface area contributed by atoms with E-state index in [0.717, 1.165) is 36.3 Å². The van der Waals surface area contributed by atoms with Crippen LogP contribution in [-0.4, -0.2) is 59.1 Å². The van der Waals surface area contributed by atoms with E-state index in [1.54, 1.807) is 13.2 Å². The third-order valence-electron chi connectivity index (χ3n) is 5.84. The lowest BCUT2D eigenvalue weighted by Gasteiger charge is -2.44. The zero-order valence-electron chi connectivity index (χ0n) is 17.4. The van der Waals surface area contributed by atoms with Crippen molar-refractivity contribution in [1.29, 1.82) is 0 Å². The van der Waals surface area contributed by atoms with Crippen LogP contribution in [0.2, 0.25) is 0 Å². The Hall–Kier alpha value is -2.67. The Kier molecular flexibility index (Phi) is 5.90. The second-order valence-corrected chi connectivity index (χ2v) is 9.23. The van der Waals surface area contributed by atoms with Crippen LogP contribution in [0.5, 0.6) is 5.75 Å². The number of carbonyl (C=O) groups excluding carboxylic acids is 2. The maximum atomic E-state index is 13.2. The Balaban J connectivity index is 1.41. The van der Waals surface area contributed by atoms with E-state index >= 15 is 0 Å². The van der Waals surface area contributed by atoms with Gasteiger partial charge in [0.25, 0.3) is 5.91 Å². The molecule has 0 aliphatic carbocycles. The van der Waals surface area contributed by atoms with E-state index in [1.807, 2.05) is 71.0 Å². The fourth-order valence-electron chi connectivity index (χ4n) is 4.21. The van der Waals surface area contributed by atoms with Crippen LogP contribution in [-0.2, 0) is 0 Å². The molecular formula is C23H27N3O3S. The molecule has 2 heterocycles. The molecule has 0 aromatic heterocycles.